The van der Waals surface area contributed by atoms with Crippen LogP contribution < -0.4 is 15.5 Å². The van der Waals surface area contributed by atoms with Crippen molar-refractivity contribution in [3.63, 3.8) is 0 Å². The number of ether oxygens (including phenoxy) is 1. The molecule has 0 radical (unpaired) electrons. The normalized spacial score (nSPS) is 28.8. The lowest BCUT2D eigenvalue weighted by molar-refractivity contribution is -0.0178. The highest BCUT2D eigenvalue weighted by atomic mass is 16.6. The molecule has 31 heavy (non-hydrogen) atoms. The number of nitrogens with zero attached hydrogens (tertiary/aromatic N) is 3. The van der Waals surface area contributed by atoms with E-state index >= 15 is 0 Å². The fourth-order valence-corrected chi connectivity index (χ4v) is 5.54. The van der Waals surface area contributed by atoms with Crippen LogP contribution in [0.4, 0.5) is 16.4 Å². The van der Waals surface area contributed by atoms with E-state index in [4.69, 9.17) is 4.74 Å². The van der Waals surface area contributed by atoms with Crippen molar-refractivity contribution in [1.29, 1.82) is 0 Å². The predicted molar refractivity (Wildman–Crippen MR) is 123 cm³/mol. The lowest BCUT2D eigenvalue weighted by atomic mass is 9.52. The Morgan fingerprint density at radius 1 is 1.10 bits per heavy atom. The third-order valence-electron chi connectivity index (χ3n) is 7.21. The Bertz CT molecular complexity index is 751. The van der Waals surface area contributed by atoms with Crippen LogP contribution in [0.1, 0.15) is 73.1 Å². The predicted octanol–water partition coefficient (Wildman–Crippen LogP) is 4.60. The third kappa shape index (κ3) is 5.42. The zero-order valence-corrected chi connectivity index (χ0v) is 19.8. The maximum Gasteiger partial charge on any atom is 0.407 e. The van der Waals surface area contributed by atoms with Gasteiger partial charge in [-0.05, 0) is 76.5 Å². The second kappa shape index (κ2) is 8.47. The number of anilines is 2. The van der Waals surface area contributed by atoms with Gasteiger partial charge in [0.05, 0.1) is 18.1 Å². The first kappa shape index (κ1) is 22.2. The van der Waals surface area contributed by atoms with Crippen LogP contribution in [0.15, 0.2) is 12.4 Å². The minimum atomic E-state index is -0.445. The van der Waals surface area contributed by atoms with Gasteiger partial charge in [0.25, 0.3) is 0 Å². The number of alkyl carbamates (subject to hydrolysis) is 1. The Kier molecular flexibility index (Phi) is 6.05. The van der Waals surface area contributed by atoms with E-state index in [9.17, 15) is 4.79 Å². The fraction of sp³-hybridized carbons (Fsp3) is 0.792. The molecule has 7 nitrogen and oxygen atoms in total. The number of amides is 1. The molecule has 2 N–H and O–H groups in total. The number of nitrogens with one attached hydrogen (secondary N) is 2. The van der Waals surface area contributed by atoms with Crippen LogP contribution in [0.2, 0.25) is 0 Å². The SMILES string of the molecule is CC(C)C1CCN(c2ncc(NC3CC4(CC(NC(=O)OC(C)(C)C)C4)C3)cn2)CC1. The molecule has 0 unspecified atom stereocenters. The molecule has 4 rings (SSSR count). The standard InChI is InChI=1S/C24H39N5O2/c1-16(2)17-6-8-29(9-7-17)21-25-14-20(15-26-21)27-18-10-24(11-18)12-19(13-24)28-22(30)31-23(3,4)5/h14-19,27H,6-13H2,1-5H3,(H,28,30). The zero-order chi connectivity index (χ0) is 22.2. The highest BCUT2D eigenvalue weighted by Crippen LogP contribution is 2.56. The third-order valence-corrected chi connectivity index (χ3v) is 7.21. The first-order valence-electron chi connectivity index (χ1n) is 11.9. The number of carbonyl (C=O) groups is 1. The van der Waals surface area contributed by atoms with Crippen molar-refractivity contribution < 1.29 is 9.53 Å². The first-order chi connectivity index (χ1) is 14.6. The summed E-state index contributed by atoms with van der Waals surface area (Å²) in [5, 5.41) is 6.59. The number of aromatic nitrogens is 2. The topological polar surface area (TPSA) is 79.4 Å². The van der Waals surface area contributed by atoms with E-state index in [1.54, 1.807) is 0 Å². The summed E-state index contributed by atoms with van der Waals surface area (Å²) < 4.78 is 5.35. The van der Waals surface area contributed by atoms with Gasteiger partial charge in [0.2, 0.25) is 5.95 Å². The van der Waals surface area contributed by atoms with Crippen LogP contribution in [0.5, 0.6) is 0 Å². The second-order valence-electron chi connectivity index (χ2n) is 11.3. The minimum absolute atomic E-state index is 0.248. The molecule has 2 heterocycles. The Labute approximate surface area is 186 Å². The van der Waals surface area contributed by atoms with Crippen LogP contribution >= 0.6 is 0 Å². The average molecular weight is 430 g/mol. The largest absolute Gasteiger partial charge is 0.444 e. The van der Waals surface area contributed by atoms with Crippen molar-refractivity contribution in [3.8, 4) is 0 Å². The van der Waals surface area contributed by atoms with Gasteiger partial charge in [0, 0.05) is 25.2 Å². The van der Waals surface area contributed by atoms with E-state index in [0.29, 0.717) is 11.5 Å². The summed E-state index contributed by atoms with van der Waals surface area (Å²) >= 11 is 0. The maximum atomic E-state index is 11.9. The summed E-state index contributed by atoms with van der Waals surface area (Å²) in [5.74, 6) is 2.45. The summed E-state index contributed by atoms with van der Waals surface area (Å²) in [6.45, 7) is 12.4. The summed E-state index contributed by atoms with van der Waals surface area (Å²) in [5.41, 5.74) is 0.946. The molecule has 1 aliphatic heterocycles. The van der Waals surface area contributed by atoms with Crippen molar-refractivity contribution in [2.45, 2.75) is 90.8 Å². The highest BCUT2D eigenvalue weighted by Gasteiger charge is 2.53. The van der Waals surface area contributed by atoms with Crippen molar-refractivity contribution in [3.05, 3.63) is 12.4 Å². The van der Waals surface area contributed by atoms with E-state index in [-0.39, 0.29) is 12.1 Å². The number of hydrogen-bond donors (Lipinski definition) is 2. The maximum absolute atomic E-state index is 11.9. The van der Waals surface area contributed by atoms with Crippen LogP contribution in [0.25, 0.3) is 0 Å². The summed E-state index contributed by atoms with van der Waals surface area (Å²) in [6.07, 6.45) is 10.4. The van der Waals surface area contributed by atoms with Crippen LogP contribution in [0.3, 0.4) is 0 Å². The Morgan fingerprint density at radius 3 is 2.23 bits per heavy atom. The van der Waals surface area contributed by atoms with Gasteiger partial charge in [-0.1, -0.05) is 13.8 Å². The molecular weight excluding hydrogens is 390 g/mol. The van der Waals surface area contributed by atoms with E-state index in [0.717, 1.165) is 62.2 Å². The Hall–Kier alpha value is -2.05. The summed E-state index contributed by atoms with van der Waals surface area (Å²) in [4.78, 5) is 23.5. The van der Waals surface area contributed by atoms with Gasteiger partial charge < -0.3 is 20.3 Å². The lowest BCUT2D eigenvalue weighted by Gasteiger charge is -2.57. The summed E-state index contributed by atoms with van der Waals surface area (Å²) in [7, 11) is 0. The van der Waals surface area contributed by atoms with Gasteiger partial charge >= 0.3 is 6.09 Å². The molecule has 172 valence electrons. The molecule has 1 aromatic heterocycles. The molecule has 1 saturated heterocycles. The Balaban J connectivity index is 1.17. The zero-order valence-electron chi connectivity index (χ0n) is 19.8. The monoisotopic (exact) mass is 429 g/mol. The van der Waals surface area contributed by atoms with Gasteiger partial charge in [-0.25, -0.2) is 14.8 Å². The molecule has 1 amide bonds. The van der Waals surface area contributed by atoms with Crippen molar-refractivity contribution >= 4 is 17.7 Å². The smallest absolute Gasteiger partial charge is 0.407 e. The fourth-order valence-electron chi connectivity index (χ4n) is 5.54. The van der Waals surface area contributed by atoms with Crippen LogP contribution in [0, 0.1) is 17.3 Å². The van der Waals surface area contributed by atoms with Crippen molar-refractivity contribution in [2.75, 3.05) is 23.3 Å². The van der Waals surface area contributed by atoms with Gasteiger partial charge in [-0.3, -0.25) is 0 Å². The molecule has 7 heteroatoms. The van der Waals surface area contributed by atoms with E-state index < -0.39 is 5.60 Å². The molecule has 1 aromatic rings. The lowest BCUT2D eigenvalue weighted by Crippen LogP contribution is -2.59. The first-order valence-corrected chi connectivity index (χ1v) is 11.9. The number of hydrogen-bond acceptors (Lipinski definition) is 6. The second-order valence-corrected chi connectivity index (χ2v) is 11.3. The van der Waals surface area contributed by atoms with Gasteiger partial charge in [-0.2, -0.15) is 0 Å². The molecule has 2 saturated carbocycles. The van der Waals surface area contributed by atoms with Crippen molar-refractivity contribution in [2.24, 2.45) is 17.3 Å². The molecule has 1 spiro atoms. The van der Waals surface area contributed by atoms with Crippen LogP contribution in [-0.2, 0) is 4.74 Å². The quantitative estimate of drug-likeness (QED) is 0.712. The van der Waals surface area contributed by atoms with Crippen LogP contribution in [-0.4, -0.2) is 46.8 Å². The van der Waals surface area contributed by atoms with Crippen molar-refractivity contribution in [1.82, 2.24) is 15.3 Å². The molecule has 3 fully saturated rings. The molecule has 0 aromatic carbocycles. The van der Waals surface area contributed by atoms with E-state index in [2.05, 4.69) is 39.3 Å². The Morgan fingerprint density at radius 2 is 1.68 bits per heavy atom. The molecule has 0 atom stereocenters. The minimum Gasteiger partial charge on any atom is -0.444 e. The highest BCUT2D eigenvalue weighted by molar-refractivity contribution is 5.68. The molecule has 2 aliphatic carbocycles. The summed E-state index contributed by atoms with van der Waals surface area (Å²) in [6, 6.07) is 0.719. The number of carbonyl (C=O) groups excluding carboxylic acids is 1. The van der Waals surface area contributed by atoms with E-state index in [1.165, 1.54) is 12.8 Å². The van der Waals surface area contributed by atoms with E-state index in [1.807, 2.05) is 33.2 Å². The average Bonchev–Trinajstić information content (AvgIpc) is 2.64. The van der Waals surface area contributed by atoms with Gasteiger partial charge in [0.1, 0.15) is 5.60 Å². The van der Waals surface area contributed by atoms with Gasteiger partial charge in [0.15, 0.2) is 0 Å². The van der Waals surface area contributed by atoms with Gasteiger partial charge in [-0.15, -0.1) is 0 Å². The number of rotatable bonds is 5. The molecule has 0 bridgehead atoms. The molecule has 3 aliphatic rings. The molecular formula is C24H39N5O2. The number of piperidine rings is 1.